The van der Waals surface area contributed by atoms with Crippen LogP contribution in [-0.4, -0.2) is 21.7 Å². The third-order valence-corrected chi connectivity index (χ3v) is 6.78. The molecule has 3 rings (SSSR count). The predicted molar refractivity (Wildman–Crippen MR) is 117 cm³/mol. The molecule has 0 bridgehead atoms. The molecule has 0 saturated carbocycles. The van der Waals surface area contributed by atoms with Crippen LogP contribution in [-0.2, 0) is 9.53 Å². The SMILES string of the molecule is Cc1sc(-c2cscn2)c(C2=CCC(C)(C)CC2)c1C(OC(C)(C)C)C(=O)O. The van der Waals surface area contributed by atoms with Crippen molar-refractivity contribution in [3.8, 4) is 10.6 Å². The maximum atomic E-state index is 12.2. The molecule has 1 atom stereocenters. The Hall–Kier alpha value is -1.50. The molecule has 0 aromatic carbocycles. The van der Waals surface area contributed by atoms with Crippen molar-refractivity contribution in [3.63, 3.8) is 0 Å². The number of aryl methyl sites for hydroxylation is 1. The first kappa shape index (κ1) is 21.2. The lowest BCUT2D eigenvalue weighted by molar-refractivity contribution is -0.160. The van der Waals surface area contributed by atoms with Crippen molar-refractivity contribution in [2.75, 3.05) is 0 Å². The monoisotopic (exact) mass is 419 g/mol. The normalized spacial score (nSPS) is 18.0. The van der Waals surface area contributed by atoms with E-state index in [1.807, 2.05) is 38.6 Å². The fourth-order valence-electron chi connectivity index (χ4n) is 3.59. The van der Waals surface area contributed by atoms with E-state index in [2.05, 4.69) is 24.9 Å². The summed E-state index contributed by atoms with van der Waals surface area (Å²) < 4.78 is 6.03. The molecule has 6 heteroatoms. The van der Waals surface area contributed by atoms with E-state index in [4.69, 9.17) is 4.74 Å². The van der Waals surface area contributed by atoms with Gasteiger partial charge in [-0.3, -0.25) is 0 Å². The molecule has 4 nitrogen and oxygen atoms in total. The van der Waals surface area contributed by atoms with Crippen LogP contribution in [0.1, 0.15) is 76.0 Å². The highest BCUT2D eigenvalue weighted by Gasteiger charge is 2.35. The van der Waals surface area contributed by atoms with E-state index in [0.29, 0.717) is 0 Å². The van der Waals surface area contributed by atoms with E-state index in [1.54, 1.807) is 22.7 Å². The van der Waals surface area contributed by atoms with Gasteiger partial charge < -0.3 is 9.84 Å². The second-order valence-electron chi connectivity index (χ2n) is 9.20. The average molecular weight is 420 g/mol. The van der Waals surface area contributed by atoms with Gasteiger partial charge in [0, 0.05) is 21.4 Å². The van der Waals surface area contributed by atoms with Crippen molar-refractivity contribution >= 4 is 34.2 Å². The molecule has 0 amide bonds. The molecule has 1 aliphatic carbocycles. The number of carboxylic acid groups (broad SMARTS) is 1. The predicted octanol–water partition coefficient (Wildman–Crippen LogP) is 6.71. The highest BCUT2D eigenvalue weighted by molar-refractivity contribution is 7.16. The summed E-state index contributed by atoms with van der Waals surface area (Å²) in [6.45, 7) is 12.2. The average Bonchev–Trinajstić information content (AvgIpc) is 3.19. The summed E-state index contributed by atoms with van der Waals surface area (Å²) in [6.07, 6.45) is 4.32. The van der Waals surface area contributed by atoms with E-state index in [0.717, 1.165) is 45.8 Å². The number of rotatable bonds is 5. The Balaban J connectivity index is 2.19. The van der Waals surface area contributed by atoms with Crippen molar-refractivity contribution in [3.05, 3.63) is 33.0 Å². The Morgan fingerprint density at radius 3 is 2.57 bits per heavy atom. The van der Waals surface area contributed by atoms with Crippen LogP contribution in [0, 0.1) is 12.3 Å². The second-order valence-corrected chi connectivity index (χ2v) is 11.1. The fraction of sp³-hybridized carbons (Fsp3) is 0.545. The molecule has 2 aromatic heterocycles. The van der Waals surface area contributed by atoms with Gasteiger partial charge in [-0.1, -0.05) is 19.9 Å². The number of thiazole rings is 1. The van der Waals surface area contributed by atoms with Crippen molar-refractivity contribution in [1.82, 2.24) is 4.98 Å². The van der Waals surface area contributed by atoms with Crippen molar-refractivity contribution in [2.45, 2.75) is 72.5 Å². The molecule has 0 fully saturated rings. The van der Waals surface area contributed by atoms with Gasteiger partial charge >= 0.3 is 5.97 Å². The number of thiophene rings is 1. The number of ether oxygens (including phenoxy) is 1. The Kier molecular flexibility index (Phi) is 5.86. The van der Waals surface area contributed by atoms with Crippen molar-refractivity contribution in [1.29, 1.82) is 0 Å². The van der Waals surface area contributed by atoms with Gasteiger partial charge in [-0.15, -0.1) is 22.7 Å². The second kappa shape index (κ2) is 7.73. The quantitative estimate of drug-likeness (QED) is 0.585. The lowest BCUT2D eigenvalue weighted by Gasteiger charge is -2.30. The zero-order valence-corrected chi connectivity index (χ0v) is 19.1. The number of aliphatic carboxylic acids is 1. The zero-order valence-electron chi connectivity index (χ0n) is 17.5. The van der Waals surface area contributed by atoms with Crippen LogP contribution < -0.4 is 0 Å². The molecule has 0 aliphatic heterocycles. The molecule has 2 heterocycles. The van der Waals surface area contributed by atoms with E-state index in [9.17, 15) is 9.90 Å². The minimum absolute atomic E-state index is 0.281. The summed E-state index contributed by atoms with van der Waals surface area (Å²) in [5.74, 6) is -0.946. The lowest BCUT2D eigenvalue weighted by Crippen LogP contribution is -2.28. The Labute approximate surface area is 175 Å². The first-order valence-electron chi connectivity index (χ1n) is 9.60. The van der Waals surface area contributed by atoms with E-state index < -0.39 is 17.7 Å². The molecule has 0 spiro atoms. The summed E-state index contributed by atoms with van der Waals surface area (Å²) in [4.78, 5) is 18.8. The van der Waals surface area contributed by atoms with E-state index >= 15 is 0 Å². The highest BCUT2D eigenvalue weighted by atomic mass is 32.1. The van der Waals surface area contributed by atoms with Crippen LogP contribution in [0.2, 0.25) is 0 Å². The summed E-state index contributed by atoms with van der Waals surface area (Å²) in [6, 6.07) is 0. The standard InChI is InChI=1S/C22H29NO3S2/c1-13-16(18(20(24)25)26-21(2,3)4)17(14-7-9-22(5,6)10-8-14)19(28-13)15-11-27-12-23-15/h7,11-12,18H,8-10H2,1-6H3,(H,24,25). The fourth-order valence-corrected chi connectivity index (χ4v) is 5.39. The number of nitrogens with zero attached hydrogens (tertiary/aromatic N) is 1. The maximum Gasteiger partial charge on any atom is 0.337 e. The van der Waals surface area contributed by atoms with Crippen LogP contribution in [0.15, 0.2) is 17.0 Å². The summed E-state index contributed by atoms with van der Waals surface area (Å²) >= 11 is 3.18. The minimum atomic E-state index is -0.991. The van der Waals surface area contributed by atoms with Gasteiger partial charge in [-0.25, -0.2) is 9.78 Å². The summed E-state index contributed by atoms with van der Waals surface area (Å²) in [5, 5.41) is 12.0. The molecule has 1 unspecified atom stereocenters. The van der Waals surface area contributed by atoms with Crippen LogP contribution in [0.5, 0.6) is 0 Å². The molecule has 152 valence electrons. The van der Waals surface area contributed by atoms with E-state index in [-0.39, 0.29) is 5.41 Å². The number of aromatic nitrogens is 1. The Morgan fingerprint density at radius 2 is 2.07 bits per heavy atom. The molecular weight excluding hydrogens is 390 g/mol. The van der Waals surface area contributed by atoms with Gasteiger partial charge in [0.25, 0.3) is 0 Å². The Bertz CT molecular complexity index is 886. The molecule has 2 aromatic rings. The van der Waals surface area contributed by atoms with E-state index in [1.165, 1.54) is 5.57 Å². The number of hydrogen-bond acceptors (Lipinski definition) is 5. The largest absolute Gasteiger partial charge is 0.479 e. The lowest BCUT2D eigenvalue weighted by atomic mass is 9.76. The van der Waals surface area contributed by atoms with Gasteiger partial charge in [0.1, 0.15) is 0 Å². The van der Waals surface area contributed by atoms with Crippen LogP contribution >= 0.6 is 22.7 Å². The van der Waals surface area contributed by atoms with Crippen LogP contribution in [0.3, 0.4) is 0 Å². The highest BCUT2D eigenvalue weighted by Crippen LogP contribution is 2.48. The molecule has 1 N–H and O–H groups in total. The van der Waals surface area contributed by atoms with Crippen molar-refractivity contribution in [2.24, 2.45) is 5.41 Å². The number of carbonyl (C=O) groups is 1. The number of hydrogen-bond donors (Lipinski definition) is 1. The van der Waals surface area contributed by atoms with Crippen LogP contribution in [0.4, 0.5) is 0 Å². The topological polar surface area (TPSA) is 59.4 Å². The molecule has 0 radical (unpaired) electrons. The maximum absolute atomic E-state index is 12.2. The smallest absolute Gasteiger partial charge is 0.337 e. The summed E-state index contributed by atoms with van der Waals surface area (Å²) in [5.41, 5.74) is 5.52. The van der Waals surface area contributed by atoms with Gasteiger partial charge in [-0.05, 0) is 57.9 Å². The number of carboxylic acids is 1. The number of allylic oxidation sites excluding steroid dienone is 2. The third-order valence-electron chi connectivity index (χ3n) is 5.05. The summed E-state index contributed by atoms with van der Waals surface area (Å²) in [7, 11) is 0. The van der Waals surface area contributed by atoms with Crippen LogP contribution in [0.25, 0.3) is 16.1 Å². The molecule has 1 aliphatic rings. The van der Waals surface area contributed by atoms with Gasteiger partial charge in [-0.2, -0.15) is 0 Å². The van der Waals surface area contributed by atoms with Crippen molar-refractivity contribution < 1.29 is 14.6 Å². The first-order valence-corrected chi connectivity index (χ1v) is 11.4. The minimum Gasteiger partial charge on any atom is -0.479 e. The molecular formula is C22H29NO3S2. The molecule has 28 heavy (non-hydrogen) atoms. The Morgan fingerprint density at radius 1 is 1.36 bits per heavy atom. The first-order chi connectivity index (χ1) is 13.0. The van der Waals surface area contributed by atoms with Gasteiger partial charge in [0.05, 0.1) is 21.7 Å². The molecule has 0 saturated heterocycles. The van der Waals surface area contributed by atoms with Gasteiger partial charge in [0.2, 0.25) is 0 Å². The third kappa shape index (κ3) is 4.56. The zero-order chi connectivity index (χ0) is 20.7. The van der Waals surface area contributed by atoms with Gasteiger partial charge in [0.15, 0.2) is 6.10 Å².